The van der Waals surface area contributed by atoms with Gasteiger partial charge in [0.1, 0.15) is 0 Å². The van der Waals surface area contributed by atoms with Crippen LogP contribution in [0.1, 0.15) is 40.5 Å². The van der Waals surface area contributed by atoms with E-state index in [9.17, 15) is 4.79 Å². The van der Waals surface area contributed by atoms with E-state index >= 15 is 0 Å². The van der Waals surface area contributed by atoms with Crippen LogP contribution in [-0.2, 0) is 4.79 Å². The van der Waals surface area contributed by atoms with Gasteiger partial charge in [0.05, 0.1) is 16.3 Å². The molecular weight excluding hydrogens is 382 g/mol. The van der Waals surface area contributed by atoms with Crippen molar-refractivity contribution >= 4 is 29.3 Å². The second kappa shape index (κ2) is 10.7. The monoisotopic (exact) mass is 409 g/mol. The highest BCUT2D eigenvalue weighted by atomic mass is 35.5. The molecule has 1 aromatic heterocycles. The SMILES string of the molecule is CC(C)CCN(CCC(C)C)C(=O)CSc1nnc(-c2ccccc2Cl)o1. The fourth-order valence-electron chi connectivity index (χ4n) is 2.42. The molecule has 0 N–H and O–H groups in total. The zero-order valence-electron chi connectivity index (χ0n) is 16.4. The first-order valence-electron chi connectivity index (χ1n) is 9.35. The number of halogens is 1. The van der Waals surface area contributed by atoms with E-state index in [0.29, 0.717) is 39.3 Å². The highest BCUT2D eigenvalue weighted by molar-refractivity contribution is 7.99. The first-order chi connectivity index (χ1) is 12.9. The zero-order chi connectivity index (χ0) is 19.8. The molecule has 2 aromatic rings. The second-order valence-corrected chi connectivity index (χ2v) is 8.72. The van der Waals surface area contributed by atoms with Gasteiger partial charge in [-0.05, 0) is 36.8 Å². The number of hydrogen-bond acceptors (Lipinski definition) is 5. The molecule has 0 fully saturated rings. The molecule has 5 nitrogen and oxygen atoms in total. The van der Waals surface area contributed by atoms with Crippen LogP contribution in [0, 0.1) is 11.8 Å². The number of carbonyl (C=O) groups is 1. The maximum atomic E-state index is 12.7. The van der Waals surface area contributed by atoms with E-state index < -0.39 is 0 Å². The maximum absolute atomic E-state index is 12.7. The van der Waals surface area contributed by atoms with Gasteiger partial charge in [0.2, 0.25) is 11.8 Å². The Labute approximate surface area is 170 Å². The maximum Gasteiger partial charge on any atom is 0.277 e. The fourth-order valence-corrected chi connectivity index (χ4v) is 3.30. The molecule has 0 bridgehead atoms. The molecule has 0 spiro atoms. The van der Waals surface area contributed by atoms with Crippen molar-refractivity contribution in [3.63, 3.8) is 0 Å². The molecule has 27 heavy (non-hydrogen) atoms. The molecule has 0 radical (unpaired) electrons. The number of thioether (sulfide) groups is 1. The summed E-state index contributed by atoms with van der Waals surface area (Å²) in [4.78, 5) is 14.6. The largest absolute Gasteiger partial charge is 0.411 e. The molecule has 0 unspecified atom stereocenters. The number of amides is 1. The van der Waals surface area contributed by atoms with E-state index in [1.54, 1.807) is 6.07 Å². The summed E-state index contributed by atoms with van der Waals surface area (Å²) in [5, 5.41) is 9.01. The molecule has 1 aromatic carbocycles. The van der Waals surface area contributed by atoms with E-state index in [0.717, 1.165) is 25.9 Å². The van der Waals surface area contributed by atoms with Gasteiger partial charge in [-0.3, -0.25) is 4.79 Å². The third-order valence-electron chi connectivity index (χ3n) is 4.14. The Kier molecular flexibility index (Phi) is 8.64. The zero-order valence-corrected chi connectivity index (χ0v) is 18.0. The predicted molar refractivity (Wildman–Crippen MR) is 111 cm³/mol. The van der Waals surface area contributed by atoms with Gasteiger partial charge in [-0.2, -0.15) is 0 Å². The van der Waals surface area contributed by atoms with Gasteiger partial charge < -0.3 is 9.32 Å². The minimum atomic E-state index is 0.110. The first-order valence-corrected chi connectivity index (χ1v) is 10.7. The number of aromatic nitrogens is 2. The van der Waals surface area contributed by atoms with Crippen molar-refractivity contribution < 1.29 is 9.21 Å². The summed E-state index contributed by atoms with van der Waals surface area (Å²) in [6.45, 7) is 10.3. The van der Waals surface area contributed by atoms with Crippen molar-refractivity contribution in [2.45, 2.75) is 45.8 Å². The average molecular weight is 410 g/mol. The van der Waals surface area contributed by atoms with Crippen LogP contribution in [0.5, 0.6) is 0 Å². The van der Waals surface area contributed by atoms with E-state index in [4.69, 9.17) is 16.0 Å². The summed E-state index contributed by atoms with van der Waals surface area (Å²) in [5.74, 6) is 1.91. The minimum Gasteiger partial charge on any atom is -0.411 e. The van der Waals surface area contributed by atoms with Crippen LogP contribution in [-0.4, -0.2) is 39.8 Å². The van der Waals surface area contributed by atoms with Crippen molar-refractivity contribution in [1.82, 2.24) is 15.1 Å². The number of rotatable bonds is 10. The van der Waals surface area contributed by atoms with Gasteiger partial charge in [-0.1, -0.05) is 63.2 Å². The molecule has 0 saturated heterocycles. The molecule has 2 rings (SSSR count). The van der Waals surface area contributed by atoms with Crippen LogP contribution in [0.2, 0.25) is 5.02 Å². The molecule has 1 heterocycles. The number of carbonyl (C=O) groups excluding carboxylic acids is 1. The highest BCUT2D eigenvalue weighted by Gasteiger charge is 2.17. The summed E-state index contributed by atoms with van der Waals surface area (Å²) < 4.78 is 5.66. The molecule has 0 aliphatic rings. The Bertz CT molecular complexity index is 722. The average Bonchev–Trinajstić information content (AvgIpc) is 3.08. The summed E-state index contributed by atoms with van der Waals surface area (Å²) in [6.07, 6.45) is 2.01. The van der Waals surface area contributed by atoms with Gasteiger partial charge in [0.25, 0.3) is 5.22 Å². The summed E-state index contributed by atoms with van der Waals surface area (Å²) in [5.41, 5.74) is 0.695. The van der Waals surface area contributed by atoms with Crippen LogP contribution < -0.4 is 0 Å². The highest BCUT2D eigenvalue weighted by Crippen LogP contribution is 2.28. The van der Waals surface area contributed by atoms with Crippen LogP contribution in [0.3, 0.4) is 0 Å². The normalized spacial score (nSPS) is 11.4. The Morgan fingerprint density at radius 2 is 1.74 bits per heavy atom. The number of nitrogens with zero attached hydrogens (tertiary/aromatic N) is 3. The smallest absolute Gasteiger partial charge is 0.277 e. The summed E-state index contributed by atoms with van der Waals surface area (Å²) in [6, 6.07) is 7.32. The van der Waals surface area contributed by atoms with Crippen LogP contribution in [0.25, 0.3) is 11.5 Å². The third kappa shape index (κ3) is 7.18. The van der Waals surface area contributed by atoms with E-state index in [-0.39, 0.29) is 5.91 Å². The molecule has 148 valence electrons. The molecule has 0 saturated carbocycles. The number of hydrogen-bond donors (Lipinski definition) is 0. The standard InChI is InChI=1S/C20H28ClN3O2S/c1-14(2)9-11-24(12-10-15(3)4)18(25)13-27-20-23-22-19(26-20)16-7-5-6-8-17(16)21/h5-8,14-15H,9-13H2,1-4H3. The Balaban J connectivity index is 1.94. The predicted octanol–water partition coefficient (Wildman–Crippen LogP) is 5.40. The number of benzene rings is 1. The summed E-state index contributed by atoms with van der Waals surface area (Å²) in [7, 11) is 0. The minimum absolute atomic E-state index is 0.110. The van der Waals surface area contributed by atoms with E-state index in [1.807, 2.05) is 23.1 Å². The van der Waals surface area contributed by atoms with Crippen molar-refractivity contribution in [2.24, 2.45) is 11.8 Å². The Hall–Kier alpha value is -1.53. The lowest BCUT2D eigenvalue weighted by Gasteiger charge is -2.24. The molecule has 7 heteroatoms. The summed E-state index contributed by atoms with van der Waals surface area (Å²) >= 11 is 7.43. The van der Waals surface area contributed by atoms with Crippen molar-refractivity contribution in [3.05, 3.63) is 29.3 Å². The van der Waals surface area contributed by atoms with E-state index in [2.05, 4.69) is 37.9 Å². The van der Waals surface area contributed by atoms with Crippen molar-refractivity contribution in [2.75, 3.05) is 18.8 Å². The topological polar surface area (TPSA) is 59.2 Å². The Morgan fingerprint density at radius 1 is 1.11 bits per heavy atom. The van der Waals surface area contributed by atoms with Crippen LogP contribution >= 0.6 is 23.4 Å². The molecule has 1 amide bonds. The molecule has 0 atom stereocenters. The second-order valence-electron chi connectivity index (χ2n) is 7.39. The molecule has 0 aliphatic heterocycles. The molecule has 0 aliphatic carbocycles. The van der Waals surface area contributed by atoms with Gasteiger partial charge in [-0.15, -0.1) is 10.2 Å². The lowest BCUT2D eigenvalue weighted by molar-refractivity contribution is -0.128. The van der Waals surface area contributed by atoms with Crippen LogP contribution in [0.4, 0.5) is 0 Å². The van der Waals surface area contributed by atoms with Gasteiger partial charge in [-0.25, -0.2) is 0 Å². The van der Waals surface area contributed by atoms with Crippen molar-refractivity contribution in [1.29, 1.82) is 0 Å². The van der Waals surface area contributed by atoms with E-state index in [1.165, 1.54) is 11.8 Å². The fraction of sp³-hybridized carbons (Fsp3) is 0.550. The lowest BCUT2D eigenvalue weighted by Crippen LogP contribution is -2.35. The van der Waals surface area contributed by atoms with Crippen molar-refractivity contribution in [3.8, 4) is 11.5 Å². The lowest BCUT2D eigenvalue weighted by atomic mass is 10.1. The third-order valence-corrected chi connectivity index (χ3v) is 5.27. The molecular formula is C20H28ClN3O2S. The van der Waals surface area contributed by atoms with Gasteiger partial charge in [0, 0.05) is 13.1 Å². The van der Waals surface area contributed by atoms with Gasteiger partial charge >= 0.3 is 0 Å². The van der Waals surface area contributed by atoms with Gasteiger partial charge in [0.15, 0.2) is 0 Å². The van der Waals surface area contributed by atoms with Crippen LogP contribution in [0.15, 0.2) is 33.9 Å². The quantitative estimate of drug-likeness (QED) is 0.491. The first kappa shape index (κ1) is 21.8. The Morgan fingerprint density at radius 3 is 2.33 bits per heavy atom.